The predicted octanol–water partition coefficient (Wildman–Crippen LogP) is 4.76. The topological polar surface area (TPSA) is 84.8 Å². The van der Waals surface area contributed by atoms with E-state index in [0.717, 1.165) is 23.0 Å². The normalized spacial score (nSPS) is 11.1. The molecule has 0 fully saturated rings. The highest BCUT2D eigenvalue weighted by Crippen LogP contribution is 2.23. The van der Waals surface area contributed by atoms with Gasteiger partial charge in [-0.05, 0) is 43.7 Å². The highest BCUT2D eigenvalue weighted by atomic mass is 35.5. The maximum absolute atomic E-state index is 12.8. The maximum atomic E-state index is 12.8. The van der Waals surface area contributed by atoms with E-state index in [4.69, 9.17) is 16.3 Å². The molecular weight excluding hydrogens is 402 g/mol. The number of halogens is 1. The lowest BCUT2D eigenvalue weighted by Gasteiger charge is -2.09. The van der Waals surface area contributed by atoms with Crippen molar-refractivity contribution in [2.24, 2.45) is 0 Å². The van der Waals surface area contributed by atoms with Crippen LogP contribution in [0.5, 0.6) is 0 Å². The highest BCUT2D eigenvalue weighted by Gasteiger charge is 2.16. The quantitative estimate of drug-likeness (QED) is 0.400. The minimum Gasteiger partial charge on any atom is -0.382 e. The number of benzene rings is 2. The van der Waals surface area contributed by atoms with Crippen LogP contribution in [0.25, 0.3) is 22.3 Å². The summed E-state index contributed by atoms with van der Waals surface area (Å²) in [6, 6.07) is 16.8. The zero-order chi connectivity index (χ0) is 20.9. The second-order valence-electron chi connectivity index (χ2n) is 6.76. The first-order valence-electron chi connectivity index (χ1n) is 9.81. The number of amides is 1. The number of H-pyrrole nitrogens is 1. The van der Waals surface area contributed by atoms with Gasteiger partial charge in [0, 0.05) is 30.3 Å². The summed E-state index contributed by atoms with van der Waals surface area (Å²) in [6.45, 7) is 4.00. The molecule has 2 aromatic heterocycles. The molecule has 2 heterocycles. The maximum Gasteiger partial charge on any atom is 0.275 e. The first-order valence-corrected chi connectivity index (χ1v) is 10.2. The number of nitrogens with one attached hydrogen (secondary N) is 2. The Balaban J connectivity index is 1.56. The van der Waals surface area contributed by atoms with Crippen LogP contribution in [-0.2, 0) is 11.3 Å². The van der Waals surface area contributed by atoms with Crippen molar-refractivity contribution in [2.75, 3.05) is 18.5 Å². The molecule has 0 aliphatic heterocycles. The molecule has 8 heteroatoms. The molecule has 0 saturated carbocycles. The number of aromatic nitrogens is 4. The summed E-state index contributed by atoms with van der Waals surface area (Å²) in [5, 5.41) is 10.6. The van der Waals surface area contributed by atoms with E-state index in [1.54, 1.807) is 18.2 Å². The van der Waals surface area contributed by atoms with Crippen molar-refractivity contribution in [1.29, 1.82) is 0 Å². The Morgan fingerprint density at radius 1 is 1.20 bits per heavy atom. The van der Waals surface area contributed by atoms with Crippen LogP contribution in [0.1, 0.15) is 23.8 Å². The first kappa shape index (κ1) is 20.1. The third-order valence-corrected chi connectivity index (χ3v) is 4.93. The number of rotatable bonds is 8. The number of carbonyl (C=O) groups is 1. The zero-order valence-electron chi connectivity index (χ0n) is 16.6. The lowest BCUT2D eigenvalue weighted by Crippen LogP contribution is -2.17. The van der Waals surface area contributed by atoms with Crippen LogP contribution in [0.3, 0.4) is 0 Å². The molecule has 154 valence electrons. The van der Waals surface area contributed by atoms with Crippen molar-refractivity contribution in [2.45, 2.75) is 19.9 Å². The number of hydrogen-bond acceptors (Lipinski definition) is 4. The molecular formula is C22H22ClN5O2. The van der Waals surface area contributed by atoms with E-state index in [1.165, 1.54) is 0 Å². The zero-order valence-corrected chi connectivity index (χ0v) is 17.3. The Labute approximate surface area is 179 Å². The molecule has 0 aliphatic carbocycles. The Kier molecular flexibility index (Phi) is 6.11. The largest absolute Gasteiger partial charge is 0.382 e. The van der Waals surface area contributed by atoms with E-state index < -0.39 is 0 Å². The van der Waals surface area contributed by atoms with E-state index in [9.17, 15) is 4.79 Å². The van der Waals surface area contributed by atoms with Crippen molar-refractivity contribution in [3.05, 3.63) is 65.3 Å². The van der Waals surface area contributed by atoms with Gasteiger partial charge in [0.25, 0.3) is 5.91 Å². The van der Waals surface area contributed by atoms with Crippen LogP contribution < -0.4 is 5.32 Å². The van der Waals surface area contributed by atoms with E-state index >= 15 is 0 Å². The van der Waals surface area contributed by atoms with Gasteiger partial charge in [0.05, 0.1) is 16.7 Å². The Hall–Kier alpha value is -3.16. The van der Waals surface area contributed by atoms with Crippen molar-refractivity contribution in [3.63, 3.8) is 0 Å². The number of ether oxygens (including phenoxy) is 1. The number of fused-ring (bicyclic) bond motifs is 1. The summed E-state index contributed by atoms with van der Waals surface area (Å²) in [4.78, 5) is 17.4. The van der Waals surface area contributed by atoms with Crippen LogP contribution in [0.15, 0.2) is 54.6 Å². The summed E-state index contributed by atoms with van der Waals surface area (Å²) in [5.41, 5.74) is 3.62. The van der Waals surface area contributed by atoms with E-state index in [1.807, 2.05) is 47.9 Å². The third-order valence-electron chi connectivity index (χ3n) is 4.70. The number of carbonyl (C=O) groups excluding carboxylic acids is 1. The number of nitrogens with zero attached hydrogens (tertiary/aromatic N) is 3. The fraction of sp³-hybridized carbons (Fsp3) is 0.227. The van der Waals surface area contributed by atoms with Gasteiger partial charge >= 0.3 is 0 Å². The van der Waals surface area contributed by atoms with Gasteiger partial charge in [0.2, 0.25) is 5.95 Å². The molecule has 1 amide bonds. The van der Waals surface area contributed by atoms with Gasteiger partial charge in [-0.3, -0.25) is 15.2 Å². The molecule has 0 atom stereocenters. The molecule has 0 aliphatic rings. The van der Waals surface area contributed by atoms with Gasteiger partial charge < -0.3 is 9.30 Å². The van der Waals surface area contributed by atoms with Gasteiger partial charge in [-0.15, -0.1) is 0 Å². The number of aromatic amines is 1. The summed E-state index contributed by atoms with van der Waals surface area (Å²) >= 11 is 6.05. The smallest absolute Gasteiger partial charge is 0.275 e. The number of imidazole rings is 1. The molecule has 30 heavy (non-hydrogen) atoms. The molecule has 4 aromatic rings. The van der Waals surface area contributed by atoms with Crippen molar-refractivity contribution < 1.29 is 9.53 Å². The van der Waals surface area contributed by atoms with Gasteiger partial charge in [-0.2, -0.15) is 5.10 Å². The molecule has 7 nitrogen and oxygen atoms in total. The average Bonchev–Trinajstić information content (AvgIpc) is 3.37. The molecule has 0 unspecified atom stereocenters. The van der Waals surface area contributed by atoms with Crippen LogP contribution in [0, 0.1) is 0 Å². The number of hydrogen-bond donors (Lipinski definition) is 2. The lowest BCUT2D eigenvalue weighted by molar-refractivity contribution is 0.102. The number of aryl methyl sites for hydroxylation is 1. The van der Waals surface area contributed by atoms with Crippen LogP contribution in [0.4, 0.5) is 5.95 Å². The monoisotopic (exact) mass is 423 g/mol. The fourth-order valence-electron chi connectivity index (χ4n) is 3.27. The minimum atomic E-state index is -0.308. The second-order valence-corrected chi connectivity index (χ2v) is 7.19. The molecule has 0 saturated heterocycles. The SMILES string of the molecule is CCOCCCn1c(NC(=O)c2cc(-c3cccc(Cl)c3)n[nH]2)nc2ccccc21. The van der Waals surface area contributed by atoms with Crippen molar-refractivity contribution in [3.8, 4) is 11.3 Å². The summed E-state index contributed by atoms with van der Waals surface area (Å²) in [6.07, 6.45) is 0.819. The van der Waals surface area contributed by atoms with Crippen LogP contribution >= 0.6 is 11.6 Å². The molecule has 0 spiro atoms. The summed E-state index contributed by atoms with van der Waals surface area (Å²) in [5.74, 6) is 0.189. The van der Waals surface area contributed by atoms with Gasteiger partial charge in [0.15, 0.2) is 0 Å². The Morgan fingerprint density at radius 3 is 2.90 bits per heavy atom. The van der Waals surface area contributed by atoms with Crippen molar-refractivity contribution in [1.82, 2.24) is 19.7 Å². The standard InChI is InChI=1S/C22H22ClN5O2/c1-2-30-12-6-11-28-20-10-4-3-9-17(20)24-22(28)25-21(29)19-14-18(26-27-19)15-7-5-8-16(23)13-15/h3-5,7-10,13-14H,2,6,11-12H2,1H3,(H,26,27)(H,24,25,29). The van der Waals surface area contributed by atoms with Gasteiger partial charge in [-0.25, -0.2) is 4.98 Å². The predicted molar refractivity (Wildman–Crippen MR) is 118 cm³/mol. The molecule has 0 radical (unpaired) electrons. The molecule has 4 rings (SSSR count). The van der Waals surface area contributed by atoms with Crippen LogP contribution in [0.2, 0.25) is 5.02 Å². The van der Waals surface area contributed by atoms with E-state index in [0.29, 0.717) is 42.1 Å². The third kappa shape index (κ3) is 4.37. The fourth-order valence-corrected chi connectivity index (χ4v) is 3.46. The second kappa shape index (κ2) is 9.11. The Morgan fingerprint density at radius 2 is 2.07 bits per heavy atom. The van der Waals surface area contributed by atoms with Crippen molar-refractivity contribution >= 4 is 34.5 Å². The summed E-state index contributed by atoms with van der Waals surface area (Å²) < 4.78 is 7.44. The van der Waals surface area contributed by atoms with E-state index in [2.05, 4.69) is 20.5 Å². The van der Waals surface area contributed by atoms with Gasteiger partial charge in [-0.1, -0.05) is 35.9 Å². The highest BCUT2D eigenvalue weighted by molar-refractivity contribution is 6.30. The van der Waals surface area contributed by atoms with Gasteiger partial charge in [0.1, 0.15) is 5.69 Å². The lowest BCUT2D eigenvalue weighted by atomic mass is 10.1. The van der Waals surface area contributed by atoms with E-state index in [-0.39, 0.29) is 5.91 Å². The number of para-hydroxylation sites is 2. The molecule has 2 N–H and O–H groups in total. The minimum absolute atomic E-state index is 0.308. The molecule has 0 bridgehead atoms. The average molecular weight is 424 g/mol. The molecule has 2 aromatic carbocycles. The Bertz CT molecular complexity index is 1170. The van der Waals surface area contributed by atoms with Crippen LogP contribution in [-0.4, -0.2) is 38.9 Å². The number of anilines is 1. The first-order chi connectivity index (χ1) is 14.7. The summed E-state index contributed by atoms with van der Waals surface area (Å²) in [7, 11) is 0.